The monoisotopic (exact) mass is 1060 g/mol. The van der Waals surface area contributed by atoms with Crippen LogP contribution in [-0.4, -0.2) is 73.4 Å². The van der Waals surface area contributed by atoms with Gasteiger partial charge < -0.3 is 19.8 Å². The summed E-state index contributed by atoms with van der Waals surface area (Å²) in [6.07, 6.45) is 85.2. The predicted molar refractivity (Wildman–Crippen MR) is 327 cm³/mol. The van der Waals surface area contributed by atoms with E-state index in [1.165, 1.54) is 64.2 Å². The van der Waals surface area contributed by atoms with Gasteiger partial charge in [-0.25, -0.2) is 4.57 Å². The fraction of sp³-hybridized carbons (Fsp3) is 0.621. The number of quaternary nitrogens is 1. The third kappa shape index (κ3) is 57.9. The highest BCUT2D eigenvalue weighted by Crippen LogP contribution is 2.43. The largest absolute Gasteiger partial charge is 0.472 e. The highest BCUT2D eigenvalue weighted by molar-refractivity contribution is 7.47. The molecule has 0 saturated heterocycles. The molecule has 0 spiro atoms. The van der Waals surface area contributed by atoms with E-state index in [1.807, 2.05) is 27.2 Å². The summed E-state index contributed by atoms with van der Waals surface area (Å²) in [5.41, 5.74) is 0. The third-order valence-electron chi connectivity index (χ3n) is 12.3. The van der Waals surface area contributed by atoms with Gasteiger partial charge in [0.15, 0.2) is 0 Å². The maximum atomic E-state index is 13.0. The van der Waals surface area contributed by atoms with E-state index in [-0.39, 0.29) is 19.1 Å². The third-order valence-corrected chi connectivity index (χ3v) is 13.3. The summed E-state index contributed by atoms with van der Waals surface area (Å²) >= 11 is 0. The SMILES string of the molecule is CC/C=C\C/C=C\C/C=C\C/C=C\C/C=C\C/C=C\C/C=C\C/C=C\C/C=C\C/C=C\C/C=C\CCCCCCCC(=O)NC(COP(=O)(O)OCC[N+](C)(C)C)C(O)/C=C/CCCCCCCCCCCCCC. The number of phosphoric acid groups is 1. The molecule has 8 nitrogen and oxygen atoms in total. The topological polar surface area (TPSA) is 105 Å². The Morgan fingerprint density at radius 2 is 0.800 bits per heavy atom. The molecule has 1 amide bonds. The lowest BCUT2D eigenvalue weighted by molar-refractivity contribution is -0.870. The van der Waals surface area contributed by atoms with Crippen LogP contribution in [-0.2, 0) is 18.4 Å². The molecule has 3 atom stereocenters. The Labute approximate surface area is 461 Å². The van der Waals surface area contributed by atoms with Gasteiger partial charge in [0.2, 0.25) is 5.91 Å². The molecule has 0 fully saturated rings. The van der Waals surface area contributed by atoms with Crippen molar-refractivity contribution in [3.63, 3.8) is 0 Å². The molecule has 426 valence electrons. The molecule has 0 aliphatic rings. The summed E-state index contributed by atoms with van der Waals surface area (Å²) in [5.74, 6) is -0.202. The summed E-state index contributed by atoms with van der Waals surface area (Å²) in [6.45, 7) is 4.66. The molecule has 3 unspecified atom stereocenters. The second-order valence-corrected chi connectivity index (χ2v) is 22.1. The van der Waals surface area contributed by atoms with Gasteiger partial charge in [-0.1, -0.05) is 250 Å². The van der Waals surface area contributed by atoms with Gasteiger partial charge in [-0.2, -0.15) is 0 Å². The van der Waals surface area contributed by atoms with Crippen LogP contribution in [0.4, 0.5) is 0 Å². The molecule has 0 aliphatic carbocycles. The van der Waals surface area contributed by atoms with Crippen molar-refractivity contribution in [2.75, 3.05) is 40.9 Å². The van der Waals surface area contributed by atoms with Crippen LogP contribution in [0, 0.1) is 0 Å². The van der Waals surface area contributed by atoms with Crippen molar-refractivity contribution in [1.29, 1.82) is 0 Å². The van der Waals surface area contributed by atoms with Crippen molar-refractivity contribution >= 4 is 13.7 Å². The molecule has 0 heterocycles. The number of hydrogen-bond acceptors (Lipinski definition) is 5. The van der Waals surface area contributed by atoms with Crippen molar-refractivity contribution in [3.8, 4) is 0 Å². The van der Waals surface area contributed by atoms with E-state index in [2.05, 4.69) is 153 Å². The fourth-order valence-corrected chi connectivity index (χ4v) is 8.43. The molecule has 0 bridgehead atoms. The number of nitrogens with zero attached hydrogens (tertiary/aromatic N) is 1. The number of nitrogens with one attached hydrogen (secondary N) is 1. The molecular formula is C66H112N2O6P+. The quantitative estimate of drug-likeness (QED) is 0.0243. The Kier molecular flexibility index (Phi) is 52.5. The molecule has 0 rings (SSSR count). The summed E-state index contributed by atoms with van der Waals surface area (Å²) in [7, 11) is 1.54. The number of amides is 1. The van der Waals surface area contributed by atoms with Crippen molar-refractivity contribution in [2.24, 2.45) is 0 Å². The number of likely N-dealkylation sites (N-methyl/N-ethyl adjacent to an activating group) is 1. The van der Waals surface area contributed by atoms with Gasteiger partial charge in [-0.3, -0.25) is 13.8 Å². The Morgan fingerprint density at radius 1 is 0.467 bits per heavy atom. The van der Waals surface area contributed by atoms with Crippen LogP contribution in [0.1, 0.15) is 213 Å². The molecule has 0 saturated carbocycles. The average molecular weight is 1060 g/mol. The van der Waals surface area contributed by atoms with Crippen molar-refractivity contribution < 1.29 is 32.9 Å². The Balaban J connectivity index is 4.20. The van der Waals surface area contributed by atoms with E-state index in [4.69, 9.17) is 9.05 Å². The lowest BCUT2D eigenvalue weighted by atomic mass is 10.0. The van der Waals surface area contributed by atoms with Crippen LogP contribution in [0.25, 0.3) is 0 Å². The number of phosphoric ester groups is 1. The van der Waals surface area contributed by atoms with Crippen molar-refractivity contribution in [2.45, 2.75) is 225 Å². The molecule has 0 aliphatic heterocycles. The summed E-state index contributed by atoms with van der Waals surface area (Å²) in [6, 6.07) is -0.867. The molecule has 75 heavy (non-hydrogen) atoms. The molecule has 0 aromatic heterocycles. The maximum absolute atomic E-state index is 13.0. The number of hydrogen-bond donors (Lipinski definition) is 3. The van der Waals surface area contributed by atoms with E-state index in [0.717, 1.165) is 128 Å². The van der Waals surface area contributed by atoms with Gasteiger partial charge in [0.1, 0.15) is 13.2 Å². The van der Waals surface area contributed by atoms with E-state index in [0.29, 0.717) is 17.4 Å². The van der Waals surface area contributed by atoms with Crippen molar-refractivity contribution in [3.05, 3.63) is 146 Å². The number of unbranched alkanes of at least 4 members (excludes halogenated alkanes) is 17. The first-order valence-electron chi connectivity index (χ1n) is 29.7. The zero-order valence-electron chi connectivity index (χ0n) is 48.5. The van der Waals surface area contributed by atoms with E-state index >= 15 is 0 Å². The first kappa shape index (κ1) is 71.4. The highest BCUT2D eigenvalue weighted by atomic mass is 31.2. The van der Waals surface area contributed by atoms with Gasteiger partial charge >= 0.3 is 7.82 Å². The molecular weight excluding hydrogens is 948 g/mol. The highest BCUT2D eigenvalue weighted by Gasteiger charge is 2.27. The first-order chi connectivity index (χ1) is 36.5. The minimum absolute atomic E-state index is 0.0498. The van der Waals surface area contributed by atoms with Gasteiger partial charge in [-0.15, -0.1) is 0 Å². The molecule has 9 heteroatoms. The van der Waals surface area contributed by atoms with Gasteiger partial charge in [0, 0.05) is 6.42 Å². The molecule has 0 aromatic rings. The number of carbonyl (C=O) groups excluding carboxylic acids is 1. The molecule has 3 N–H and O–H groups in total. The van der Waals surface area contributed by atoms with Gasteiger partial charge in [0.25, 0.3) is 0 Å². The molecule has 0 aromatic carbocycles. The minimum Gasteiger partial charge on any atom is -0.387 e. The van der Waals surface area contributed by atoms with E-state index < -0.39 is 20.0 Å². The number of allylic oxidation sites excluding steroid dienone is 23. The maximum Gasteiger partial charge on any atom is 0.472 e. The van der Waals surface area contributed by atoms with E-state index in [9.17, 15) is 19.4 Å². The Morgan fingerprint density at radius 3 is 1.17 bits per heavy atom. The Hall–Kier alpha value is -3.62. The summed E-state index contributed by atoms with van der Waals surface area (Å²) < 4.78 is 23.7. The second kappa shape index (κ2) is 55.1. The zero-order valence-corrected chi connectivity index (χ0v) is 49.4. The summed E-state index contributed by atoms with van der Waals surface area (Å²) in [4.78, 5) is 23.3. The second-order valence-electron chi connectivity index (χ2n) is 20.6. The van der Waals surface area contributed by atoms with E-state index in [1.54, 1.807) is 6.08 Å². The van der Waals surface area contributed by atoms with Crippen LogP contribution in [0.2, 0.25) is 0 Å². The summed E-state index contributed by atoms with van der Waals surface area (Å²) in [5, 5.41) is 13.9. The first-order valence-corrected chi connectivity index (χ1v) is 31.2. The Bertz CT molecular complexity index is 1720. The lowest BCUT2D eigenvalue weighted by Crippen LogP contribution is -2.45. The van der Waals surface area contributed by atoms with Crippen LogP contribution < -0.4 is 5.32 Å². The number of rotatable bonds is 52. The number of aliphatic hydroxyl groups is 1. The smallest absolute Gasteiger partial charge is 0.387 e. The minimum atomic E-state index is -4.36. The fourth-order valence-electron chi connectivity index (χ4n) is 7.69. The average Bonchev–Trinajstić information content (AvgIpc) is 3.37. The predicted octanol–water partition coefficient (Wildman–Crippen LogP) is 18.5. The van der Waals surface area contributed by atoms with Gasteiger partial charge in [0.05, 0.1) is 39.9 Å². The number of aliphatic hydroxyl groups excluding tert-OH is 1. The number of carbonyl (C=O) groups is 1. The van der Waals surface area contributed by atoms with Crippen LogP contribution >= 0.6 is 7.82 Å². The van der Waals surface area contributed by atoms with Crippen LogP contribution in [0.15, 0.2) is 146 Å². The van der Waals surface area contributed by atoms with Crippen LogP contribution in [0.5, 0.6) is 0 Å². The molecule has 0 radical (unpaired) electrons. The normalized spacial score (nSPS) is 14.9. The zero-order chi connectivity index (χ0) is 54.9. The standard InChI is InChI=1S/C66H111N2O6P/c1-6-8-10-12-14-16-18-20-22-23-24-25-26-27-28-29-30-31-32-33-34-35-36-37-38-39-40-41-42-43-44-45-46-48-50-52-54-56-58-60-66(70)67-64(63-74-75(71,72)73-62-61-68(3,4)5)65(69)59-57-55-53-51-49-47-21-19-17-15-13-11-9-7-2/h8,10,14,16,20,22,24-25,27-28,30-31,33-34,36-37,39-40,42-43,45-46,57,59,64-65,69H,6-7,9,11-13,15,17-19,21,23,26,29,32,35,38,41,44,47-56,58,60-63H2,1-5H3,(H-,67,70,71,72)/p+1/b10-8-,16-14-,22-20-,25-24-,28-27-,31-30-,34-33-,37-36-,40-39-,43-42-,46-45-,59-57+. The van der Waals surface area contributed by atoms with Gasteiger partial charge in [-0.05, 0) is 103 Å². The lowest BCUT2D eigenvalue weighted by Gasteiger charge is -2.25. The van der Waals surface area contributed by atoms with Crippen molar-refractivity contribution in [1.82, 2.24) is 5.32 Å². The van der Waals surface area contributed by atoms with Crippen LogP contribution in [0.3, 0.4) is 0 Å².